The standard InChI is InChI=1S/C9H16O3/c1-2-11-9-5-8-6(10)3-4-7(9)12-8/h6-10H,2-5H2,1H3/t6-,7-,8-,9-/m0/s1. The summed E-state index contributed by atoms with van der Waals surface area (Å²) in [5, 5.41) is 9.50. The zero-order chi connectivity index (χ0) is 8.55. The molecule has 0 unspecified atom stereocenters. The van der Waals surface area contributed by atoms with Gasteiger partial charge in [-0.05, 0) is 19.8 Å². The summed E-state index contributed by atoms with van der Waals surface area (Å²) in [6.07, 6.45) is 2.96. The van der Waals surface area contributed by atoms with E-state index in [1.54, 1.807) is 0 Å². The maximum absolute atomic E-state index is 9.50. The highest BCUT2D eigenvalue weighted by atomic mass is 16.6. The number of hydrogen-bond donors (Lipinski definition) is 1. The molecule has 2 bridgehead atoms. The van der Waals surface area contributed by atoms with Crippen LogP contribution in [0.1, 0.15) is 26.2 Å². The molecule has 2 aliphatic rings. The van der Waals surface area contributed by atoms with E-state index in [9.17, 15) is 5.11 Å². The third-order valence-electron chi connectivity index (χ3n) is 2.79. The van der Waals surface area contributed by atoms with E-state index in [0.717, 1.165) is 25.9 Å². The zero-order valence-electron chi connectivity index (χ0n) is 7.40. The molecule has 2 fully saturated rings. The van der Waals surface area contributed by atoms with Crippen molar-refractivity contribution in [1.82, 2.24) is 0 Å². The maximum atomic E-state index is 9.50. The van der Waals surface area contributed by atoms with Crippen molar-refractivity contribution < 1.29 is 14.6 Å². The molecule has 0 amide bonds. The lowest BCUT2D eigenvalue weighted by molar-refractivity contribution is -0.0913. The summed E-state index contributed by atoms with van der Waals surface area (Å²) in [6, 6.07) is 0. The molecule has 4 atom stereocenters. The molecule has 2 aliphatic heterocycles. The zero-order valence-corrected chi connectivity index (χ0v) is 7.40. The smallest absolute Gasteiger partial charge is 0.0864 e. The van der Waals surface area contributed by atoms with E-state index in [-0.39, 0.29) is 24.4 Å². The Kier molecular flexibility index (Phi) is 2.35. The lowest BCUT2D eigenvalue weighted by Gasteiger charge is -2.25. The number of aliphatic hydroxyl groups excluding tert-OH is 1. The van der Waals surface area contributed by atoms with Gasteiger partial charge in [-0.25, -0.2) is 0 Å². The summed E-state index contributed by atoms with van der Waals surface area (Å²) < 4.78 is 11.1. The molecule has 0 aliphatic carbocycles. The minimum atomic E-state index is -0.258. The van der Waals surface area contributed by atoms with Crippen molar-refractivity contribution in [2.75, 3.05) is 6.61 Å². The van der Waals surface area contributed by atoms with Crippen LogP contribution in [0, 0.1) is 0 Å². The highest BCUT2D eigenvalue weighted by Gasteiger charge is 2.42. The molecule has 0 saturated carbocycles. The van der Waals surface area contributed by atoms with Crippen LogP contribution in [0.25, 0.3) is 0 Å². The first kappa shape index (κ1) is 8.48. The van der Waals surface area contributed by atoms with Gasteiger partial charge in [-0.1, -0.05) is 0 Å². The van der Waals surface area contributed by atoms with Crippen molar-refractivity contribution >= 4 is 0 Å². The Bertz CT molecular complexity index is 160. The third kappa shape index (κ3) is 1.37. The monoisotopic (exact) mass is 172 g/mol. The van der Waals surface area contributed by atoms with Crippen molar-refractivity contribution in [2.24, 2.45) is 0 Å². The quantitative estimate of drug-likeness (QED) is 0.666. The minimum absolute atomic E-state index is 0.0419. The van der Waals surface area contributed by atoms with Crippen molar-refractivity contribution in [3.8, 4) is 0 Å². The summed E-state index contributed by atoms with van der Waals surface area (Å²) in [5.74, 6) is 0. The number of rotatable bonds is 2. The van der Waals surface area contributed by atoms with Gasteiger partial charge in [-0.3, -0.25) is 0 Å². The van der Waals surface area contributed by atoms with Crippen molar-refractivity contribution in [3.05, 3.63) is 0 Å². The van der Waals surface area contributed by atoms with Gasteiger partial charge in [-0.15, -0.1) is 0 Å². The largest absolute Gasteiger partial charge is 0.390 e. The molecule has 0 aromatic rings. The van der Waals surface area contributed by atoms with Crippen LogP contribution in [-0.4, -0.2) is 36.1 Å². The highest BCUT2D eigenvalue weighted by molar-refractivity contribution is 4.92. The Hall–Kier alpha value is -0.120. The second-order valence-electron chi connectivity index (χ2n) is 3.59. The lowest BCUT2D eigenvalue weighted by Crippen LogP contribution is -2.32. The average Bonchev–Trinajstić information content (AvgIpc) is 2.39. The Morgan fingerprint density at radius 2 is 2.25 bits per heavy atom. The van der Waals surface area contributed by atoms with Crippen LogP contribution < -0.4 is 0 Å². The summed E-state index contributed by atoms with van der Waals surface area (Å²) in [4.78, 5) is 0. The molecule has 70 valence electrons. The first-order valence-corrected chi connectivity index (χ1v) is 4.76. The van der Waals surface area contributed by atoms with Crippen LogP contribution in [0.3, 0.4) is 0 Å². The number of hydrogen-bond acceptors (Lipinski definition) is 3. The van der Waals surface area contributed by atoms with Gasteiger partial charge < -0.3 is 14.6 Å². The summed E-state index contributed by atoms with van der Waals surface area (Å²) in [7, 11) is 0. The molecule has 3 heteroatoms. The molecular weight excluding hydrogens is 156 g/mol. The minimum Gasteiger partial charge on any atom is -0.390 e. The van der Waals surface area contributed by atoms with Crippen LogP contribution in [0.5, 0.6) is 0 Å². The molecule has 2 heterocycles. The van der Waals surface area contributed by atoms with Gasteiger partial charge in [0.05, 0.1) is 24.4 Å². The molecular formula is C9H16O3. The molecule has 0 radical (unpaired) electrons. The van der Waals surface area contributed by atoms with Gasteiger partial charge in [0.1, 0.15) is 0 Å². The van der Waals surface area contributed by atoms with Gasteiger partial charge in [0.2, 0.25) is 0 Å². The van der Waals surface area contributed by atoms with E-state index in [1.807, 2.05) is 6.92 Å². The van der Waals surface area contributed by atoms with Gasteiger partial charge >= 0.3 is 0 Å². The fraction of sp³-hybridized carbons (Fsp3) is 1.00. The topological polar surface area (TPSA) is 38.7 Å². The predicted octanol–water partition coefficient (Wildman–Crippen LogP) is 0.704. The Morgan fingerprint density at radius 3 is 2.92 bits per heavy atom. The summed E-state index contributed by atoms with van der Waals surface area (Å²) in [6.45, 7) is 2.74. The second-order valence-corrected chi connectivity index (χ2v) is 3.59. The first-order chi connectivity index (χ1) is 5.81. The summed E-state index contributed by atoms with van der Waals surface area (Å²) >= 11 is 0. The van der Waals surface area contributed by atoms with Crippen LogP contribution in [-0.2, 0) is 9.47 Å². The molecule has 2 saturated heterocycles. The average molecular weight is 172 g/mol. The van der Waals surface area contributed by atoms with Crippen LogP contribution in [0.2, 0.25) is 0 Å². The fourth-order valence-corrected chi connectivity index (χ4v) is 2.16. The maximum Gasteiger partial charge on any atom is 0.0864 e. The van der Waals surface area contributed by atoms with Crippen LogP contribution >= 0.6 is 0 Å². The summed E-state index contributed by atoms with van der Waals surface area (Å²) in [5.41, 5.74) is 0. The van der Waals surface area contributed by atoms with E-state index in [2.05, 4.69) is 0 Å². The highest BCUT2D eigenvalue weighted by Crippen LogP contribution is 2.34. The number of aliphatic hydroxyl groups is 1. The van der Waals surface area contributed by atoms with Crippen molar-refractivity contribution in [3.63, 3.8) is 0 Å². The Morgan fingerprint density at radius 1 is 1.42 bits per heavy atom. The molecule has 0 aromatic carbocycles. The molecule has 0 spiro atoms. The molecule has 3 nitrogen and oxygen atoms in total. The normalized spacial score (nSPS) is 46.5. The van der Waals surface area contributed by atoms with E-state index >= 15 is 0 Å². The van der Waals surface area contributed by atoms with E-state index in [4.69, 9.17) is 9.47 Å². The van der Waals surface area contributed by atoms with Crippen molar-refractivity contribution in [1.29, 1.82) is 0 Å². The number of fused-ring (bicyclic) bond motifs is 2. The molecule has 0 aromatic heterocycles. The van der Waals surface area contributed by atoms with Gasteiger partial charge in [0.25, 0.3) is 0 Å². The first-order valence-electron chi connectivity index (χ1n) is 4.76. The number of ether oxygens (including phenoxy) is 2. The second kappa shape index (κ2) is 3.32. The van der Waals surface area contributed by atoms with E-state index < -0.39 is 0 Å². The predicted molar refractivity (Wildman–Crippen MR) is 43.9 cm³/mol. The molecule has 2 rings (SSSR count). The van der Waals surface area contributed by atoms with Crippen LogP contribution in [0.4, 0.5) is 0 Å². The van der Waals surface area contributed by atoms with Crippen molar-refractivity contribution in [2.45, 2.75) is 50.6 Å². The fourth-order valence-electron chi connectivity index (χ4n) is 2.16. The molecule has 12 heavy (non-hydrogen) atoms. The van der Waals surface area contributed by atoms with E-state index in [1.165, 1.54) is 0 Å². The third-order valence-corrected chi connectivity index (χ3v) is 2.79. The van der Waals surface area contributed by atoms with Gasteiger partial charge in [0.15, 0.2) is 0 Å². The Balaban J connectivity index is 1.96. The lowest BCUT2D eigenvalue weighted by atomic mass is 10.1. The SMILES string of the molecule is CCO[C@H]1C[C@@H]2O[C@H]1CC[C@@H]2O. The van der Waals surface area contributed by atoms with Crippen LogP contribution in [0.15, 0.2) is 0 Å². The Labute approximate surface area is 72.7 Å². The van der Waals surface area contributed by atoms with E-state index in [0.29, 0.717) is 0 Å². The van der Waals surface area contributed by atoms with Gasteiger partial charge in [0, 0.05) is 13.0 Å². The molecule has 1 N–H and O–H groups in total. The van der Waals surface area contributed by atoms with Gasteiger partial charge in [-0.2, -0.15) is 0 Å².